The monoisotopic (exact) mass is 270 g/mol. The number of rotatable bonds is 13. The van der Waals surface area contributed by atoms with Crippen LogP contribution in [0.2, 0.25) is 0 Å². The molecule has 0 aromatic heterocycles. The summed E-state index contributed by atoms with van der Waals surface area (Å²) in [5.74, 6) is 0. The van der Waals surface area contributed by atoms with Crippen LogP contribution in [0.3, 0.4) is 0 Å². The van der Waals surface area contributed by atoms with Gasteiger partial charge < -0.3 is 15.8 Å². The average Bonchev–Trinajstić information content (AvgIpc) is 2.38. The Hall–Kier alpha value is -0.380. The minimum absolute atomic E-state index is 0.0544. The van der Waals surface area contributed by atoms with Crippen molar-refractivity contribution in [2.75, 3.05) is 26.3 Å². The van der Waals surface area contributed by atoms with Crippen LogP contribution in [0.1, 0.15) is 59.3 Å². The first-order chi connectivity index (χ1) is 9.04. The van der Waals surface area contributed by atoms with Crippen molar-refractivity contribution in [1.29, 1.82) is 0 Å². The average molecular weight is 270 g/mol. The van der Waals surface area contributed by atoms with Crippen molar-refractivity contribution in [3.63, 3.8) is 0 Å². The molecule has 0 heterocycles. The van der Waals surface area contributed by atoms with Gasteiger partial charge in [0.2, 0.25) is 0 Å². The Morgan fingerprint density at radius 1 is 1.26 bits per heavy atom. The van der Waals surface area contributed by atoms with E-state index in [1.165, 1.54) is 32.1 Å². The molecule has 0 spiro atoms. The molecule has 0 rings (SSSR count). The largest absolute Gasteiger partial charge is 0.376 e. The summed E-state index contributed by atoms with van der Waals surface area (Å²) in [7, 11) is 0. The molecule has 0 aromatic rings. The molecule has 0 amide bonds. The van der Waals surface area contributed by atoms with E-state index in [9.17, 15) is 0 Å². The first-order valence-corrected chi connectivity index (χ1v) is 7.71. The second-order valence-corrected chi connectivity index (χ2v) is 5.87. The summed E-state index contributed by atoms with van der Waals surface area (Å²) in [6.07, 6.45) is 7.71. The van der Waals surface area contributed by atoms with Gasteiger partial charge in [-0.05, 0) is 20.3 Å². The Morgan fingerprint density at radius 2 is 1.95 bits per heavy atom. The quantitative estimate of drug-likeness (QED) is 0.399. The third kappa shape index (κ3) is 11.2. The summed E-state index contributed by atoms with van der Waals surface area (Å²) in [5, 5.41) is 3.53. The first kappa shape index (κ1) is 18.6. The number of hydrogen-bond donors (Lipinski definition) is 2. The Kier molecular flexibility index (Phi) is 11.2. The van der Waals surface area contributed by atoms with Crippen molar-refractivity contribution in [2.45, 2.75) is 64.8 Å². The fourth-order valence-electron chi connectivity index (χ4n) is 2.05. The highest BCUT2D eigenvalue weighted by Gasteiger charge is 2.20. The van der Waals surface area contributed by atoms with Crippen LogP contribution in [0.15, 0.2) is 12.2 Å². The zero-order chi connectivity index (χ0) is 14.6. The summed E-state index contributed by atoms with van der Waals surface area (Å²) in [4.78, 5) is 0. The van der Waals surface area contributed by atoms with E-state index in [2.05, 4.69) is 25.7 Å². The molecule has 0 aromatic carbocycles. The van der Waals surface area contributed by atoms with Crippen molar-refractivity contribution in [3.05, 3.63) is 12.2 Å². The van der Waals surface area contributed by atoms with E-state index in [1.807, 2.05) is 6.92 Å². The van der Waals surface area contributed by atoms with Crippen LogP contribution in [0.5, 0.6) is 0 Å². The molecular weight excluding hydrogens is 236 g/mol. The Labute approximate surface area is 120 Å². The molecule has 0 aliphatic rings. The molecule has 1 atom stereocenters. The summed E-state index contributed by atoms with van der Waals surface area (Å²) in [6.45, 7) is 13.2. The molecular formula is C16H34N2O. The third-order valence-corrected chi connectivity index (χ3v) is 3.43. The maximum absolute atomic E-state index is 5.89. The molecule has 0 aliphatic heterocycles. The van der Waals surface area contributed by atoms with Gasteiger partial charge in [-0.1, -0.05) is 51.2 Å². The molecule has 0 bridgehead atoms. The third-order valence-electron chi connectivity index (χ3n) is 3.43. The van der Waals surface area contributed by atoms with E-state index < -0.39 is 0 Å². The molecule has 0 radical (unpaired) electrons. The molecule has 0 saturated carbocycles. The van der Waals surface area contributed by atoms with E-state index in [-0.39, 0.29) is 5.54 Å². The zero-order valence-corrected chi connectivity index (χ0v) is 13.3. The first-order valence-electron chi connectivity index (χ1n) is 7.71. The van der Waals surface area contributed by atoms with E-state index in [1.54, 1.807) is 0 Å². The van der Waals surface area contributed by atoms with Crippen molar-refractivity contribution >= 4 is 0 Å². The summed E-state index contributed by atoms with van der Waals surface area (Å²) >= 11 is 0. The van der Waals surface area contributed by atoms with Crippen LogP contribution in [0, 0.1) is 0 Å². The zero-order valence-electron chi connectivity index (χ0n) is 13.3. The highest BCUT2D eigenvalue weighted by atomic mass is 16.5. The molecule has 3 N–H and O–H groups in total. The molecule has 0 saturated heterocycles. The van der Waals surface area contributed by atoms with E-state index in [4.69, 9.17) is 10.5 Å². The second kappa shape index (κ2) is 11.4. The predicted molar refractivity (Wildman–Crippen MR) is 84.5 cm³/mol. The molecule has 3 nitrogen and oxygen atoms in total. The van der Waals surface area contributed by atoms with Gasteiger partial charge in [0.15, 0.2) is 0 Å². The highest BCUT2D eigenvalue weighted by Crippen LogP contribution is 2.14. The normalized spacial score (nSPS) is 14.3. The van der Waals surface area contributed by atoms with E-state index in [0.29, 0.717) is 13.2 Å². The van der Waals surface area contributed by atoms with Crippen LogP contribution >= 0.6 is 0 Å². The Balaban J connectivity index is 3.66. The molecule has 3 heteroatoms. The Bertz CT molecular complexity index is 231. The fourth-order valence-corrected chi connectivity index (χ4v) is 2.05. The fraction of sp³-hybridized carbons (Fsp3) is 0.875. The van der Waals surface area contributed by atoms with Gasteiger partial charge in [-0.3, -0.25) is 0 Å². The van der Waals surface area contributed by atoms with Crippen LogP contribution in [0.25, 0.3) is 0 Å². The van der Waals surface area contributed by atoms with Gasteiger partial charge in [0, 0.05) is 18.6 Å². The predicted octanol–water partition coefficient (Wildman–Crippen LogP) is 3.25. The van der Waals surface area contributed by atoms with Gasteiger partial charge in [-0.25, -0.2) is 0 Å². The lowest BCUT2D eigenvalue weighted by molar-refractivity contribution is 0.148. The van der Waals surface area contributed by atoms with Crippen molar-refractivity contribution in [1.82, 2.24) is 5.32 Å². The van der Waals surface area contributed by atoms with Crippen LogP contribution in [0.4, 0.5) is 0 Å². The van der Waals surface area contributed by atoms with Gasteiger partial charge in [0.1, 0.15) is 0 Å². The van der Waals surface area contributed by atoms with Crippen molar-refractivity contribution in [2.24, 2.45) is 5.73 Å². The highest BCUT2D eigenvalue weighted by molar-refractivity contribution is 4.87. The van der Waals surface area contributed by atoms with Crippen molar-refractivity contribution < 1.29 is 4.74 Å². The summed E-state index contributed by atoms with van der Waals surface area (Å²) < 4.78 is 5.49. The second-order valence-electron chi connectivity index (χ2n) is 5.87. The van der Waals surface area contributed by atoms with Gasteiger partial charge in [-0.2, -0.15) is 0 Å². The topological polar surface area (TPSA) is 47.3 Å². The molecule has 0 fully saturated rings. The molecule has 114 valence electrons. The summed E-state index contributed by atoms with van der Waals surface area (Å²) in [6, 6.07) is 0. The Morgan fingerprint density at radius 3 is 2.53 bits per heavy atom. The number of ether oxygens (including phenoxy) is 1. The molecule has 1 unspecified atom stereocenters. The SMILES string of the molecule is C=C(C)COCCNC(C)(CN)CCCCCCC. The lowest BCUT2D eigenvalue weighted by Gasteiger charge is -2.29. The van der Waals surface area contributed by atoms with Crippen LogP contribution in [-0.2, 0) is 4.74 Å². The van der Waals surface area contributed by atoms with E-state index >= 15 is 0 Å². The molecule has 0 aliphatic carbocycles. The standard InChI is InChI=1S/C16H34N2O/c1-5-6-7-8-9-10-16(4,14-17)18-11-12-19-13-15(2)3/h18H,2,5-14,17H2,1,3-4H3. The lowest BCUT2D eigenvalue weighted by atomic mass is 9.94. The van der Waals surface area contributed by atoms with Crippen LogP contribution < -0.4 is 11.1 Å². The van der Waals surface area contributed by atoms with Crippen molar-refractivity contribution in [3.8, 4) is 0 Å². The lowest BCUT2D eigenvalue weighted by Crippen LogP contribution is -2.49. The minimum Gasteiger partial charge on any atom is -0.376 e. The van der Waals surface area contributed by atoms with Gasteiger partial charge in [-0.15, -0.1) is 0 Å². The number of nitrogens with two attached hydrogens (primary N) is 1. The van der Waals surface area contributed by atoms with Gasteiger partial charge in [0.25, 0.3) is 0 Å². The maximum Gasteiger partial charge on any atom is 0.0672 e. The summed E-state index contributed by atoms with van der Waals surface area (Å²) in [5.41, 5.74) is 7.01. The number of hydrogen-bond acceptors (Lipinski definition) is 3. The van der Waals surface area contributed by atoms with Gasteiger partial charge in [0.05, 0.1) is 13.2 Å². The number of unbranched alkanes of at least 4 members (excludes halogenated alkanes) is 4. The maximum atomic E-state index is 5.89. The van der Waals surface area contributed by atoms with Gasteiger partial charge >= 0.3 is 0 Å². The minimum atomic E-state index is 0.0544. The smallest absolute Gasteiger partial charge is 0.0672 e. The van der Waals surface area contributed by atoms with Crippen LogP contribution in [-0.4, -0.2) is 31.8 Å². The molecule has 19 heavy (non-hydrogen) atoms. The van der Waals surface area contributed by atoms with E-state index in [0.717, 1.165) is 25.1 Å². The number of nitrogens with one attached hydrogen (secondary N) is 1.